The zero-order valence-corrected chi connectivity index (χ0v) is 19.7. The summed E-state index contributed by atoms with van der Waals surface area (Å²) in [6, 6.07) is 21.4. The molecule has 0 amide bonds. The Balaban J connectivity index is 1.90. The SMILES string of the molecule is O=c1c(C(c2ccccc2)c2c(C(F)(F)F)[nH]n(-c3ccccc3)c2=O)c(C(F)(F)F)[nH]n1-c1ccccc1. The first-order valence-electron chi connectivity index (χ1n) is 11.5. The van der Waals surface area contributed by atoms with E-state index in [4.69, 9.17) is 0 Å². The molecule has 0 aliphatic heterocycles. The Morgan fingerprint density at radius 2 is 0.872 bits per heavy atom. The van der Waals surface area contributed by atoms with Crippen LogP contribution in [-0.2, 0) is 12.4 Å². The van der Waals surface area contributed by atoms with E-state index in [0.717, 1.165) is 0 Å². The Labute approximate surface area is 215 Å². The minimum atomic E-state index is -5.17. The molecule has 200 valence electrons. The highest BCUT2D eigenvalue weighted by Crippen LogP contribution is 2.41. The number of hydrogen-bond donors (Lipinski definition) is 2. The standard InChI is InChI=1S/C27H18F6N4O2/c28-26(29,30)22-20(24(38)36(34-22)17-12-6-2-7-13-17)19(16-10-4-1-5-11-16)21-23(27(31,32)33)35-37(25(21)39)18-14-8-3-9-15-18/h1-15,19,34-35H. The number of benzene rings is 3. The average molecular weight is 544 g/mol. The van der Waals surface area contributed by atoms with Crippen LogP contribution in [0.3, 0.4) is 0 Å². The monoisotopic (exact) mass is 544 g/mol. The highest BCUT2D eigenvalue weighted by molar-refractivity contribution is 5.49. The van der Waals surface area contributed by atoms with Gasteiger partial charge in [-0.3, -0.25) is 19.8 Å². The van der Waals surface area contributed by atoms with Gasteiger partial charge in [0.15, 0.2) is 0 Å². The topological polar surface area (TPSA) is 75.6 Å². The molecule has 5 aromatic rings. The van der Waals surface area contributed by atoms with Crippen LogP contribution in [0.2, 0.25) is 0 Å². The van der Waals surface area contributed by atoms with Crippen LogP contribution < -0.4 is 11.1 Å². The molecule has 39 heavy (non-hydrogen) atoms. The molecule has 0 aliphatic rings. The molecule has 2 heterocycles. The normalized spacial score (nSPS) is 12.3. The summed E-state index contributed by atoms with van der Waals surface area (Å²) in [5.74, 6) is -2.03. The molecule has 0 saturated carbocycles. The van der Waals surface area contributed by atoms with Crippen molar-refractivity contribution in [2.75, 3.05) is 0 Å². The van der Waals surface area contributed by atoms with Crippen LogP contribution in [0, 0.1) is 0 Å². The summed E-state index contributed by atoms with van der Waals surface area (Å²) in [7, 11) is 0. The van der Waals surface area contributed by atoms with E-state index in [-0.39, 0.29) is 16.9 Å². The average Bonchev–Trinajstić information content (AvgIpc) is 3.44. The molecule has 0 fully saturated rings. The van der Waals surface area contributed by atoms with Crippen LogP contribution in [0.1, 0.15) is 34.0 Å². The molecule has 0 bridgehead atoms. The van der Waals surface area contributed by atoms with Gasteiger partial charge in [-0.05, 0) is 29.8 Å². The number of nitrogens with one attached hydrogen (secondary N) is 2. The quantitative estimate of drug-likeness (QED) is 0.272. The molecule has 0 saturated heterocycles. The Bertz CT molecular complexity index is 1600. The van der Waals surface area contributed by atoms with E-state index in [2.05, 4.69) is 0 Å². The number of hydrogen-bond acceptors (Lipinski definition) is 2. The van der Waals surface area contributed by atoms with Crippen molar-refractivity contribution in [3.63, 3.8) is 0 Å². The van der Waals surface area contributed by atoms with Gasteiger partial charge in [-0.25, -0.2) is 9.36 Å². The predicted molar refractivity (Wildman–Crippen MR) is 130 cm³/mol. The minimum absolute atomic E-state index is 0.0258. The molecular weight excluding hydrogens is 526 g/mol. The number of halogens is 6. The molecule has 0 aliphatic carbocycles. The van der Waals surface area contributed by atoms with E-state index in [1.165, 1.54) is 78.9 Å². The lowest BCUT2D eigenvalue weighted by Gasteiger charge is -2.18. The van der Waals surface area contributed by atoms with Crippen molar-refractivity contribution >= 4 is 0 Å². The van der Waals surface area contributed by atoms with E-state index >= 15 is 0 Å². The fourth-order valence-corrected chi connectivity index (χ4v) is 4.51. The molecule has 12 heteroatoms. The summed E-state index contributed by atoms with van der Waals surface area (Å²) in [5.41, 5.74) is -7.77. The highest BCUT2D eigenvalue weighted by atomic mass is 19.4. The summed E-state index contributed by atoms with van der Waals surface area (Å²) in [4.78, 5) is 27.2. The lowest BCUT2D eigenvalue weighted by molar-refractivity contribution is -0.142. The zero-order chi connectivity index (χ0) is 27.9. The fraction of sp³-hybridized carbons (Fsp3) is 0.111. The van der Waals surface area contributed by atoms with Gasteiger partial charge >= 0.3 is 12.4 Å². The first kappa shape index (κ1) is 25.9. The molecule has 0 spiro atoms. The molecule has 6 nitrogen and oxygen atoms in total. The van der Waals surface area contributed by atoms with Gasteiger partial charge in [-0.15, -0.1) is 0 Å². The van der Waals surface area contributed by atoms with Crippen molar-refractivity contribution in [3.8, 4) is 11.4 Å². The Morgan fingerprint density at radius 3 is 1.21 bits per heavy atom. The van der Waals surface area contributed by atoms with Crippen LogP contribution in [0.15, 0.2) is 101 Å². The molecule has 0 unspecified atom stereocenters. The fourth-order valence-electron chi connectivity index (χ4n) is 4.51. The first-order chi connectivity index (χ1) is 18.5. The Kier molecular flexibility index (Phi) is 6.33. The van der Waals surface area contributed by atoms with E-state index < -0.39 is 51.9 Å². The summed E-state index contributed by atoms with van der Waals surface area (Å²) in [6.07, 6.45) is -10.3. The third-order valence-corrected chi connectivity index (χ3v) is 6.16. The van der Waals surface area contributed by atoms with Crippen LogP contribution in [0.5, 0.6) is 0 Å². The summed E-state index contributed by atoms with van der Waals surface area (Å²) >= 11 is 0. The van der Waals surface area contributed by atoms with Crippen LogP contribution in [0.4, 0.5) is 26.3 Å². The Hall–Kier alpha value is -4.74. The highest BCUT2D eigenvalue weighted by Gasteiger charge is 2.46. The van der Waals surface area contributed by atoms with Crippen molar-refractivity contribution < 1.29 is 26.3 Å². The smallest absolute Gasteiger partial charge is 0.286 e. The van der Waals surface area contributed by atoms with Gasteiger partial charge < -0.3 is 0 Å². The Morgan fingerprint density at radius 1 is 0.538 bits per heavy atom. The second-order valence-corrected chi connectivity index (χ2v) is 8.59. The number of rotatable bonds is 5. The van der Waals surface area contributed by atoms with Gasteiger partial charge in [0.1, 0.15) is 11.4 Å². The minimum Gasteiger partial charge on any atom is -0.286 e. The largest absolute Gasteiger partial charge is 0.433 e. The summed E-state index contributed by atoms with van der Waals surface area (Å²) in [5, 5.41) is 4.04. The number of alkyl halides is 6. The molecule has 0 radical (unpaired) electrons. The molecule has 5 rings (SSSR count). The van der Waals surface area contributed by atoms with Crippen molar-refractivity contribution in [1.29, 1.82) is 0 Å². The third kappa shape index (κ3) is 4.69. The van der Waals surface area contributed by atoms with Crippen LogP contribution >= 0.6 is 0 Å². The van der Waals surface area contributed by atoms with E-state index in [1.54, 1.807) is 12.1 Å². The number of aromatic amines is 2. The van der Waals surface area contributed by atoms with Gasteiger partial charge in [0.05, 0.1) is 22.5 Å². The van der Waals surface area contributed by atoms with Crippen LogP contribution in [0.25, 0.3) is 11.4 Å². The number of nitrogens with zero attached hydrogens (tertiary/aromatic N) is 2. The van der Waals surface area contributed by atoms with Gasteiger partial charge in [0.2, 0.25) is 0 Å². The second kappa shape index (κ2) is 9.53. The van der Waals surface area contributed by atoms with Crippen LogP contribution in [-0.4, -0.2) is 19.6 Å². The molecule has 0 atom stereocenters. The van der Waals surface area contributed by atoms with Crippen molar-refractivity contribution in [2.24, 2.45) is 0 Å². The third-order valence-electron chi connectivity index (χ3n) is 6.16. The van der Waals surface area contributed by atoms with E-state index in [1.807, 2.05) is 10.2 Å². The number of H-pyrrole nitrogens is 2. The van der Waals surface area contributed by atoms with E-state index in [0.29, 0.717) is 9.36 Å². The van der Waals surface area contributed by atoms with Gasteiger partial charge in [-0.1, -0.05) is 66.7 Å². The van der Waals surface area contributed by atoms with E-state index in [9.17, 15) is 35.9 Å². The lowest BCUT2D eigenvalue weighted by atomic mass is 9.84. The van der Waals surface area contributed by atoms with Gasteiger partial charge in [0, 0.05) is 5.92 Å². The predicted octanol–water partition coefficient (Wildman–Crippen LogP) is 5.86. The zero-order valence-electron chi connectivity index (χ0n) is 19.7. The number of aromatic nitrogens is 4. The second-order valence-electron chi connectivity index (χ2n) is 8.59. The number of para-hydroxylation sites is 2. The molecule has 3 aromatic carbocycles. The molecule has 2 N–H and O–H groups in total. The van der Waals surface area contributed by atoms with Gasteiger partial charge in [-0.2, -0.15) is 26.3 Å². The van der Waals surface area contributed by atoms with Crippen molar-refractivity contribution in [1.82, 2.24) is 19.6 Å². The summed E-state index contributed by atoms with van der Waals surface area (Å²) < 4.78 is 87.3. The van der Waals surface area contributed by atoms with Crippen molar-refractivity contribution in [3.05, 3.63) is 140 Å². The maximum atomic E-state index is 14.4. The van der Waals surface area contributed by atoms with Crippen molar-refractivity contribution in [2.45, 2.75) is 18.3 Å². The summed E-state index contributed by atoms with van der Waals surface area (Å²) in [6.45, 7) is 0. The maximum Gasteiger partial charge on any atom is 0.433 e. The van der Waals surface area contributed by atoms with Gasteiger partial charge in [0.25, 0.3) is 11.1 Å². The molecule has 2 aromatic heterocycles. The molecular formula is C27H18F6N4O2. The maximum absolute atomic E-state index is 14.4. The lowest BCUT2D eigenvalue weighted by Crippen LogP contribution is -2.27. The first-order valence-corrected chi connectivity index (χ1v) is 11.5.